The largest absolute Gasteiger partial charge is 0.493 e. The zero-order valence-electron chi connectivity index (χ0n) is 15.0. The smallest absolute Gasteiger partial charge is 0.203 e. The van der Waals surface area contributed by atoms with Gasteiger partial charge in [0.2, 0.25) is 5.75 Å². The number of rotatable bonds is 6. The predicted molar refractivity (Wildman–Crippen MR) is 103 cm³/mol. The second kappa shape index (κ2) is 7.12. The Labute approximate surface area is 159 Å². The van der Waals surface area contributed by atoms with Crippen LogP contribution in [0.5, 0.6) is 17.2 Å². The summed E-state index contributed by atoms with van der Waals surface area (Å²) in [5.74, 6) is 2.40. The molecule has 0 atom stereocenters. The Morgan fingerprint density at radius 1 is 0.963 bits per heavy atom. The van der Waals surface area contributed by atoms with E-state index in [0.29, 0.717) is 23.1 Å². The van der Waals surface area contributed by atoms with Gasteiger partial charge in [-0.05, 0) is 12.1 Å². The van der Waals surface area contributed by atoms with E-state index in [1.807, 2.05) is 40.2 Å². The lowest BCUT2D eigenvalue weighted by atomic mass is 10.2. The lowest BCUT2D eigenvalue weighted by molar-refractivity contribution is 0.324. The summed E-state index contributed by atoms with van der Waals surface area (Å²) < 4.78 is 18.1. The van der Waals surface area contributed by atoms with Crippen molar-refractivity contribution in [1.29, 1.82) is 0 Å². The van der Waals surface area contributed by atoms with E-state index in [1.165, 1.54) is 11.3 Å². The number of nitrogens with zero attached hydrogens (tertiary/aromatic N) is 4. The molecule has 0 fully saturated rings. The number of hydrogen-bond donors (Lipinski definition) is 1. The molecule has 138 valence electrons. The summed E-state index contributed by atoms with van der Waals surface area (Å²) >= 11 is 1.52. The molecular weight excluding hydrogens is 366 g/mol. The number of aromatic nitrogens is 4. The summed E-state index contributed by atoms with van der Waals surface area (Å²) in [5, 5.41) is 14.5. The molecule has 8 nitrogen and oxygen atoms in total. The minimum absolute atomic E-state index is 0.547. The third-order valence-electron chi connectivity index (χ3n) is 3.98. The fourth-order valence-corrected chi connectivity index (χ4v) is 3.38. The van der Waals surface area contributed by atoms with Crippen LogP contribution in [0.1, 0.15) is 0 Å². The van der Waals surface area contributed by atoms with Gasteiger partial charge in [0.25, 0.3) is 0 Å². The zero-order chi connectivity index (χ0) is 18.8. The molecule has 0 unspecified atom stereocenters. The second-order valence-electron chi connectivity index (χ2n) is 5.55. The third-order valence-corrected chi connectivity index (χ3v) is 4.75. The summed E-state index contributed by atoms with van der Waals surface area (Å²) in [5.41, 5.74) is 2.40. The predicted octanol–water partition coefficient (Wildman–Crippen LogP) is 3.62. The van der Waals surface area contributed by atoms with Gasteiger partial charge in [0.1, 0.15) is 0 Å². The lowest BCUT2D eigenvalue weighted by Gasteiger charge is -2.15. The third kappa shape index (κ3) is 3.13. The van der Waals surface area contributed by atoms with E-state index in [9.17, 15) is 0 Å². The number of benzene rings is 1. The van der Waals surface area contributed by atoms with E-state index in [0.717, 1.165) is 22.0 Å². The number of ether oxygens (including phenoxy) is 3. The van der Waals surface area contributed by atoms with Crippen molar-refractivity contribution in [2.45, 2.75) is 0 Å². The molecule has 4 rings (SSSR count). The average Bonchev–Trinajstić information content (AvgIpc) is 3.36. The molecule has 1 N–H and O–H groups in total. The van der Waals surface area contributed by atoms with Gasteiger partial charge in [0.15, 0.2) is 28.0 Å². The normalized spacial score (nSPS) is 10.8. The summed E-state index contributed by atoms with van der Waals surface area (Å²) in [7, 11) is 4.75. The van der Waals surface area contributed by atoms with Crippen molar-refractivity contribution < 1.29 is 14.2 Å². The highest BCUT2D eigenvalue weighted by atomic mass is 32.1. The highest BCUT2D eigenvalue weighted by molar-refractivity contribution is 7.13. The van der Waals surface area contributed by atoms with E-state index in [1.54, 1.807) is 27.5 Å². The summed E-state index contributed by atoms with van der Waals surface area (Å²) in [6, 6.07) is 7.52. The molecule has 0 radical (unpaired) electrons. The minimum Gasteiger partial charge on any atom is -0.493 e. The van der Waals surface area contributed by atoms with Gasteiger partial charge < -0.3 is 19.5 Å². The topological polar surface area (TPSA) is 82.8 Å². The van der Waals surface area contributed by atoms with Gasteiger partial charge in [0.05, 0.1) is 27.0 Å². The van der Waals surface area contributed by atoms with Crippen molar-refractivity contribution in [3.05, 3.63) is 42.0 Å². The maximum atomic E-state index is 5.41. The SMILES string of the molecule is COc1cc(Nc2ccc3nnc(-c4nccs4)n3c2)cc(OC)c1OC. The number of thiazole rings is 1. The van der Waals surface area contributed by atoms with Crippen LogP contribution in [0.25, 0.3) is 16.5 Å². The first-order valence-electron chi connectivity index (χ1n) is 8.05. The van der Waals surface area contributed by atoms with Crippen LogP contribution < -0.4 is 19.5 Å². The molecule has 0 spiro atoms. The van der Waals surface area contributed by atoms with Crippen molar-refractivity contribution in [3.63, 3.8) is 0 Å². The molecule has 0 aliphatic carbocycles. The Morgan fingerprint density at radius 3 is 2.37 bits per heavy atom. The van der Waals surface area contributed by atoms with Gasteiger partial charge in [-0.1, -0.05) is 0 Å². The van der Waals surface area contributed by atoms with Gasteiger partial charge >= 0.3 is 0 Å². The first kappa shape index (κ1) is 17.1. The fourth-order valence-electron chi connectivity index (χ4n) is 2.76. The van der Waals surface area contributed by atoms with Crippen molar-refractivity contribution in [1.82, 2.24) is 19.6 Å². The van der Waals surface area contributed by atoms with Crippen molar-refractivity contribution >= 4 is 28.4 Å². The standard InChI is InChI=1S/C18H17N5O3S/c1-24-13-8-12(9-14(25-2)16(13)26-3)20-11-4-5-15-21-22-17(23(15)10-11)18-19-6-7-27-18/h4-10,20H,1-3H3. The van der Waals surface area contributed by atoms with Gasteiger partial charge in [0, 0.05) is 35.6 Å². The molecule has 27 heavy (non-hydrogen) atoms. The van der Waals surface area contributed by atoms with Crippen LogP contribution in [0.15, 0.2) is 42.0 Å². The Bertz CT molecular complexity index is 1050. The molecule has 4 aromatic rings. The van der Waals surface area contributed by atoms with Gasteiger partial charge in [-0.3, -0.25) is 4.40 Å². The molecule has 0 aliphatic heterocycles. The maximum Gasteiger partial charge on any atom is 0.203 e. The Balaban J connectivity index is 1.72. The number of anilines is 2. The average molecular weight is 383 g/mol. The molecule has 0 aliphatic rings. The number of nitrogens with one attached hydrogen (secondary N) is 1. The highest BCUT2D eigenvalue weighted by Gasteiger charge is 2.14. The van der Waals surface area contributed by atoms with Crippen LogP contribution in [0.2, 0.25) is 0 Å². The van der Waals surface area contributed by atoms with Crippen LogP contribution in [0, 0.1) is 0 Å². The number of pyridine rings is 1. The van der Waals surface area contributed by atoms with Crippen LogP contribution in [0.3, 0.4) is 0 Å². The molecule has 9 heteroatoms. The zero-order valence-corrected chi connectivity index (χ0v) is 15.8. The molecule has 0 amide bonds. The van der Waals surface area contributed by atoms with E-state index in [4.69, 9.17) is 14.2 Å². The minimum atomic E-state index is 0.547. The summed E-state index contributed by atoms with van der Waals surface area (Å²) in [6.45, 7) is 0. The molecule has 0 bridgehead atoms. The molecule has 3 heterocycles. The van der Waals surface area contributed by atoms with E-state index >= 15 is 0 Å². The molecular formula is C18H17N5O3S. The first-order chi connectivity index (χ1) is 13.2. The first-order valence-corrected chi connectivity index (χ1v) is 8.93. The van der Waals surface area contributed by atoms with Crippen LogP contribution in [-0.4, -0.2) is 40.9 Å². The van der Waals surface area contributed by atoms with Crippen molar-refractivity contribution in [2.75, 3.05) is 26.6 Å². The van der Waals surface area contributed by atoms with E-state index in [2.05, 4.69) is 20.5 Å². The van der Waals surface area contributed by atoms with E-state index in [-0.39, 0.29) is 0 Å². The number of methoxy groups -OCH3 is 3. The van der Waals surface area contributed by atoms with Crippen molar-refractivity contribution in [3.8, 4) is 28.1 Å². The van der Waals surface area contributed by atoms with Gasteiger partial charge in [-0.2, -0.15) is 0 Å². The Kier molecular flexibility index (Phi) is 4.51. The number of fused-ring (bicyclic) bond motifs is 1. The van der Waals surface area contributed by atoms with Gasteiger partial charge in [-0.25, -0.2) is 4.98 Å². The van der Waals surface area contributed by atoms with Gasteiger partial charge in [-0.15, -0.1) is 21.5 Å². The number of hydrogen-bond acceptors (Lipinski definition) is 8. The monoisotopic (exact) mass is 383 g/mol. The van der Waals surface area contributed by atoms with Crippen LogP contribution >= 0.6 is 11.3 Å². The Morgan fingerprint density at radius 2 is 1.74 bits per heavy atom. The molecule has 0 saturated carbocycles. The highest BCUT2D eigenvalue weighted by Crippen LogP contribution is 2.40. The molecule has 3 aromatic heterocycles. The van der Waals surface area contributed by atoms with Crippen LogP contribution in [0.4, 0.5) is 11.4 Å². The Hall–Kier alpha value is -3.33. The summed E-state index contributed by atoms with van der Waals surface area (Å²) in [4.78, 5) is 4.31. The lowest BCUT2D eigenvalue weighted by Crippen LogP contribution is -1.99. The summed E-state index contributed by atoms with van der Waals surface area (Å²) in [6.07, 6.45) is 3.67. The van der Waals surface area contributed by atoms with E-state index < -0.39 is 0 Å². The maximum absolute atomic E-state index is 5.41. The second-order valence-corrected chi connectivity index (χ2v) is 6.44. The molecule has 0 saturated heterocycles. The molecule has 1 aromatic carbocycles. The quantitative estimate of drug-likeness (QED) is 0.544. The van der Waals surface area contributed by atoms with Crippen molar-refractivity contribution in [2.24, 2.45) is 0 Å². The van der Waals surface area contributed by atoms with Crippen LogP contribution in [-0.2, 0) is 0 Å². The fraction of sp³-hybridized carbons (Fsp3) is 0.167.